The van der Waals surface area contributed by atoms with Crippen molar-refractivity contribution < 1.29 is 4.39 Å². The first-order chi connectivity index (χ1) is 20.8. The number of imidazole rings is 1. The van der Waals surface area contributed by atoms with Crippen molar-refractivity contribution in [3.05, 3.63) is 93.5 Å². The van der Waals surface area contributed by atoms with Crippen LogP contribution in [0.15, 0.2) is 65.8 Å². The van der Waals surface area contributed by atoms with E-state index < -0.39 is 11.5 Å². The van der Waals surface area contributed by atoms with Crippen molar-refractivity contribution in [2.45, 2.75) is 51.2 Å². The lowest BCUT2D eigenvalue weighted by atomic mass is 10.0. The van der Waals surface area contributed by atoms with Crippen LogP contribution in [0.2, 0.25) is 5.02 Å². The van der Waals surface area contributed by atoms with Gasteiger partial charge in [0.25, 0.3) is 0 Å². The molecule has 5 aromatic rings. The summed E-state index contributed by atoms with van der Waals surface area (Å²) in [6.45, 7) is 3.84. The molecule has 0 saturated heterocycles. The Morgan fingerprint density at radius 1 is 1.14 bits per heavy atom. The van der Waals surface area contributed by atoms with E-state index >= 15 is 4.39 Å². The minimum Gasteiger partial charge on any atom is -0.354 e. The number of aromatic nitrogens is 5. The third-order valence-electron chi connectivity index (χ3n) is 7.35. The van der Waals surface area contributed by atoms with E-state index in [9.17, 15) is 4.79 Å². The van der Waals surface area contributed by atoms with E-state index in [1.807, 2.05) is 31.2 Å². The fraction of sp³-hybridized carbons (Fsp3) is 0.323. The largest absolute Gasteiger partial charge is 0.354 e. The van der Waals surface area contributed by atoms with E-state index in [1.165, 1.54) is 4.57 Å². The van der Waals surface area contributed by atoms with Gasteiger partial charge in [-0.3, -0.25) is 4.57 Å². The van der Waals surface area contributed by atoms with Gasteiger partial charge in [0.15, 0.2) is 11.8 Å². The molecule has 2 aromatic carbocycles. The summed E-state index contributed by atoms with van der Waals surface area (Å²) in [7, 11) is 0. The smallest absolute Gasteiger partial charge is 0.354 e. The Morgan fingerprint density at radius 3 is 2.67 bits per heavy atom. The summed E-state index contributed by atoms with van der Waals surface area (Å²) in [5.74, 6) is 0.197. The van der Waals surface area contributed by atoms with Crippen molar-refractivity contribution in [2.24, 2.45) is 11.5 Å². The molecule has 0 amide bonds. The standard InChI is InChI=1S/C31H37ClFN9O/c1-19(35)3-2-4-21-13-25(28(33)26(32)14-21)27-15-22-18-42(31(43)41-29(22)40-27)24-7-5-20(6-8-24)16-38-23(9-10-34)17-39-30-36-11-12-37-30/h5-8,11-15,18-19,23,38H,2-4,9-10,16-17,34-35H2,1H3,(H2,36,37,39)(H,40,41,43)/t19-,23+/m0/s1. The SMILES string of the molecule is C[C@H](N)CCCc1cc(Cl)c(F)c(-c2cc3cn(-c4ccc(CN[C@H](CCN)CNc5ncc[nH]5)cc4)c(=O)nc3[nH]2)c1. The highest BCUT2D eigenvalue weighted by Crippen LogP contribution is 2.31. The summed E-state index contributed by atoms with van der Waals surface area (Å²) in [6, 6.07) is 13.2. The number of nitrogens with zero attached hydrogens (tertiary/aromatic N) is 3. The Hall–Kier alpha value is -4.03. The molecule has 12 heteroatoms. The molecule has 0 unspecified atom stereocenters. The monoisotopic (exact) mass is 605 g/mol. The lowest BCUT2D eigenvalue weighted by molar-refractivity contribution is 0.502. The molecule has 2 atom stereocenters. The first-order valence-corrected chi connectivity index (χ1v) is 14.8. The molecule has 0 spiro atoms. The van der Waals surface area contributed by atoms with Gasteiger partial charge in [0.2, 0.25) is 0 Å². The van der Waals surface area contributed by atoms with Crippen LogP contribution >= 0.6 is 11.6 Å². The molecule has 8 N–H and O–H groups in total. The topological polar surface area (TPSA) is 155 Å². The Bertz CT molecular complexity index is 1700. The number of hydrogen-bond acceptors (Lipinski definition) is 7. The zero-order valence-corrected chi connectivity index (χ0v) is 24.8. The van der Waals surface area contributed by atoms with Crippen LogP contribution in [0.1, 0.15) is 37.3 Å². The van der Waals surface area contributed by atoms with Crippen molar-refractivity contribution in [3.63, 3.8) is 0 Å². The molecule has 226 valence electrons. The minimum absolute atomic E-state index is 0.0530. The fourth-order valence-corrected chi connectivity index (χ4v) is 5.28. The second kappa shape index (κ2) is 14.0. The number of fused-ring (bicyclic) bond motifs is 1. The number of H-pyrrole nitrogens is 2. The number of halogens is 2. The first-order valence-electron chi connectivity index (χ1n) is 14.4. The van der Waals surface area contributed by atoms with Crippen molar-refractivity contribution in [3.8, 4) is 16.9 Å². The summed E-state index contributed by atoms with van der Waals surface area (Å²) >= 11 is 6.24. The molecule has 5 rings (SSSR count). The average Bonchev–Trinajstić information content (AvgIpc) is 3.66. The predicted octanol–water partition coefficient (Wildman–Crippen LogP) is 4.49. The van der Waals surface area contributed by atoms with Crippen molar-refractivity contribution in [1.82, 2.24) is 29.8 Å². The van der Waals surface area contributed by atoms with Gasteiger partial charge in [-0.05, 0) is 80.6 Å². The van der Waals surface area contributed by atoms with Gasteiger partial charge >= 0.3 is 5.69 Å². The molecule has 0 bridgehead atoms. The Kier molecular flexibility index (Phi) is 9.88. The summed E-state index contributed by atoms with van der Waals surface area (Å²) < 4.78 is 16.6. The lowest BCUT2D eigenvalue weighted by Gasteiger charge is -2.18. The Balaban J connectivity index is 1.31. The zero-order valence-electron chi connectivity index (χ0n) is 24.0. The third-order valence-corrected chi connectivity index (χ3v) is 7.62. The molecule has 0 aliphatic heterocycles. The fourth-order valence-electron chi connectivity index (χ4n) is 5.03. The van der Waals surface area contributed by atoms with Gasteiger partial charge in [-0.1, -0.05) is 23.7 Å². The van der Waals surface area contributed by atoms with E-state index in [0.717, 1.165) is 36.8 Å². The second-order valence-corrected chi connectivity index (χ2v) is 11.2. The molecule has 10 nitrogen and oxygen atoms in total. The molecule has 3 aromatic heterocycles. The molecule has 0 fully saturated rings. The number of hydrogen-bond donors (Lipinski definition) is 6. The predicted molar refractivity (Wildman–Crippen MR) is 170 cm³/mol. The highest BCUT2D eigenvalue weighted by atomic mass is 35.5. The minimum atomic E-state index is -0.519. The number of aryl methyl sites for hydroxylation is 1. The van der Waals surface area contributed by atoms with E-state index in [-0.39, 0.29) is 17.1 Å². The maximum atomic E-state index is 15.1. The van der Waals surface area contributed by atoms with Gasteiger partial charge in [-0.15, -0.1) is 0 Å². The number of benzene rings is 2. The lowest BCUT2D eigenvalue weighted by Crippen LogP contribution is -2.37. The quantitative estimate of drug-likeness (QED) is 0.109. The number of aromatic amines is 2. The highest BCUT2D eigenvalue weighted by molar-refractivity contribution is 6.31. The Morgan fingerprint density at radius 2 is 1.95 bits per heavy atom. The molecule has 43 heavy (non-hydrogen) atoms. The normalized spacial score (nSPS) is 13.0. The molecule has 0 saturated carbocycles. The maximum absolute atomic E-state index is 15.1. The van der Waals surface area contributed by atoms with Gasteiger partial charge in [0.05, 0.1) is 16.4 Å². The second-order valence-electron chi connectivity index (χ2n) is 10.8. The first kappa shape index (κ1) is 30.4. The number of rotatable bonds is 14. The van der Waals surface area contributed by atoms with Gasteiger partial charge in [-0.25, -0.2) is 14.2 Å². The van der Waals surface area contributed by atoms with E-state index in [1.54, 1.807) is 36.8 Å². The molecular formula is C31H37ClFN9O. The summed E-state index contributed by atoms with van der Waals surface area (Å²) in [4.78, 5) is 27.5. The van der Waals surface area contributed by atoms with Crippen LogP contribution in [0.5, 0.6) is 0 Å². The van der Waals surface area contributed by atoms with E-state index in [4.69, 9.17) is 23.1 Å². The van der Waals surface area contributed by atoms with Gasteiger partial charge in [0, 0.05) is 54.7 Å². The number of nitrogens with one attached hydrogen (secondary N) is 4. The number of nitrogens with two attached hydrogens (primary N) is 2. The van der Waals surface area contributed by atoms with Crippen LogP contribution in [0, 0.1) is 5.82 Å². The third kappa shape index (κ3) is 7.68. The average molecular weight is 606 g/mol. The molecule has 0 aliphatic carbocycles. The van der Waals surface area contributed by atoms with Crippen LogP contribution in [0.4, 0.5) is 10.3 Å². The van der Waals surface area contributed by atoms with Crippen LogP contribution < -0.4 is 27.8 Å². The van der Waals surface area contributed by atoms with E-state index in [0.29, 0.717) is 53.6 Å². The van der Waals surface area contributed by atoms with Crippen LogP contribution in [-0.4, -0.2) is 49.7 Å². The summed E-state index contributed by atoms with van der Waals surface area (Å²) in [5.41, 5.74) is 15.1. The zero-order chi connectivity index (χ0) is 30.3. The van der Waals surface area contributed by atoms with Crippen molar-refractivity contribution in [1.29, 1.82) is 0 Å². The molecular weight excluding hydrogens is 569 g/mol. The Labute approximate surface area is 254 Å². The molecule has 0 aliphatic rings. The van der Waals surface area contributed by atoms with E-state index in [2.05, 4.69) is 30.6 Å². The van der Waals surface area contributed by atoms with Crippen molar-refractivity contribution >= 4 is 28.6 Å². The van der Waals surface area contributed by atoms with Crippen LogP contribution in [0.3, 0.4) is 0 Å². The van der Waals surface area contributed by atoms with Crippen molar-refractivity contribution in [2.75, 3.05) is 18.4 Å². The van der Waals surface area contributed by atoms with Crippen LogP contribution in [0.25, 0.3) is 28.0 Å². The van der Waals surface area contributed by atoms with Gasteiger partial charge < -0.3 is 32.1 Å². The van der Waals surface area contributed by atoms with Crippen LogP contribution in [-0.2, 0) is 13.0 Å². The summed E-state index contributed by atoms with van der Waals surface area (Å²) in [5, 5.41) is 7.52. The molecule has 0 radical (unpaired) electrons. The summed E-state index contributed by atoms with van der Waals surface area (Å²) in [6.07, 6.45) is 8.45. The van der Waals surface area contributed by atoms with Gasteiger partial charge in [-0.2, -0.15) is 4.98 Å². The maximum Gasteiger partial charge on any atom is 0.354 e. The highest BCUT2D eigenvalue weighted by Gasteiger charge is 2.16. The molecule has 3 heterocycles. The van der Waals surface area contributed by atoms with Gasteiger partial charge in [0.1, 0.15) is 5.65 Å². The number of anilines is 1.